The van der Waals surface area contributed by atoms with Crippen molar-refractivity contribution in [3.8, 4) is 0 Å². The predicted molar refractivity (Wildman–Crippen MR) is 66.9 cm³/mol. The number of benzene rings is 1. The highest BCUT2D eigenvalue weighted by atomic mass is 32.2. The Hall–Kier alpha value is -1.69. The monoisotopic (exact) mass is 269 g/mol. The molecule has 2 aromatic rings. The number of nitrogens with one attached hydrogen (secondary N) is 1. The summed E-state index contributed by atoms with van der Waals surface area (Å²) in [6.07, 6.45) is 2.43. The van der Waals surface area contributed by atoms with Crippen molar-refractivity contribution in [2.24, 2.45) is 0 Å². The fourth-order valence-electron chi connectivity index (χ4n) is 1.72. The smallest absolute Gasteiger partial charge is 0.182 e. The molecule has 0 saturated carbocycles. The van der Waals surface area contributed by atoms with E-state index in [0.717, 1.165) is 6.26 Å². The Bertz CT molecular complexity index is 718. The normalized spacial score (nSPS) is 13.7. The first-order chi connectivity index (χ1) is 8.30. The summed E-state index contributed by atoms with van der Waals surface area (Å²) in [7, 11) is -3.44. The first kappa shape index (κ1) is 12.8. The van der Waals surface area contributed by atoms with E-state index in [9.17, 15) is 17.6 Å². The van der Waals surface area contributed by atoms with Gasteiger partial charge in [0.25, 0.3) is 0 Å². The van der Waals surface area contributed by atoms with Gasteiger partial charge in [-0.1, -0.05) is 0 Å². The minimum atomic E-state index is -3.44. The van der Waals surface area contributed by atoms with Gasteiger partial charge in [0.1, 0.15) is 11.1 Å². The van der Waals surface area contributed by atoms with Crippen LogP contribution in [-0.4, -0.2) is 30.7 Å². The largest absolute Gasteiger partial charge is 0.360 e. The molecular weight excluding hydrogens is 257 g/mol. The fraction of sp³-hybridized carbons (Fsp3) is 0.250. The lowest BCUT2D eigenvalue weighted by molar-refractivity contribution is 0.0993. The summed E-state index contributed by atoms with van der Waals surface area (Å²) in [5, 5.41) is -0.585. The van der Waals surface area contributed by atoms with Gasteiger partial charge in [0.2, 0.25) is 0 Å². The van der Waals surface area contributed by atoms with Gasteiger partial charge in [-0.05, 0) is 25.1 Å². The van der Waals surface area contributed by atoms with E-state index in [-0.39, 0.29) is 5.56 Å². The number of carbonyl (C=O) groups is 1. The van der Waals surface area contributed by atoms with Crippen LogP contribution in [0.15, 0.2) is 24.4 Å². The molecular formula is C12H12FNO3S. The highest BCUT2D eigenvalue weighted by molar-refractivity contribution is 7.92. The molecule has 0 aliphatic heterocycles. The third kappa shape index (κ3) is 2.15. The Morgan fingerprint density at radius 2 is 2.06 bits per heavy atom. The Morgan fingerprint density at radius 1 is 1.39 bits per heavy atom. The van der Waals surface area contributed by atoms with Crippen molar-refractivity contribution in [2.45, 2.75) is 12.2 Å². The summed E-state index contributed by atoms with van der Waals surface area (Å²) in [6, 6.07) is 3.96. The zero-order chi connectivity index (χ0) is 13.5. The van der Waals surface area contributed by atoms with Gasteiger partial charge in [-0.15, -0.1) is 0 Å². The molecule has 0 saturated heterocycles. The summed E-state index contributed by atoms with van der Waals surface area (Å²) >= 11 is 0. The number of halogens is 1. The Kier molecular flexibility index (Phi) is 2.98. The number of Topliss-reactive ketones (excluding diaryl/α,β-unsaturated/α-hetero) is 1. The van der Waals surface area contributed by atoms with Crippen molar-refractivity contribution in [1.82, 2.24) is 4.98 Å². The van der Waals surface area contributed by atoms with Crippen LogP contribution in [0.5, 0.6) is 0 Å². The van der Waals surface area contributed by atoms with Gasteiger partial charge in [0.15, 0.2) is 15.6 Å². The van der Waals surface area contributed by atoms with Crippen LogP contribution in [0.4, 0.5) is 4.39 Å². The molecule has 2 rings (SSSR count). The zero-order valence-corrected chi connectivity index (χ0v) is 10.7. The average molecular weight is 269 g/mol. The maximum Gasteiger partial charge on any atom is 0.182 e. The summed E-state index contributed by atoms with van der Waals surface area (Å²) in [4.78, 5) is 14.8. The number of ketones is 1. The Labute approximate surface area is 104 Å². The molecule has 0 radical (unpaired) electrons. The molecule has 1 atom stereocenters. The third-order valence-electron chi connectivity index (χ3n) is 2.92. The molecule has 1 N–H and O–H groups in total. The number of sulfone groups is 1. The van der Waals surface area contributed by atoms with Crippen molar-refractivity contribution in [1.29, 1.82) is 0 Å². The molecule has 0 bridgehead atoms. The molecule has 1 aromatic carbocycles. The van der Waals surface area contributed by atoms with Gasteiger partial charge in [-0.25, -0.2) is 12.8 Å². The van der Waals surface area contributed by atoms with Crippen molar-refractivity contribution < 1.29 is 17.6 Å². The van der Waals surface area contributed by atoms with Gasteiger partial charge in [-0.3, -0.25) is 4.79 Å². The number of hydrogen-bond donors (Lipinski definition) is 1. The van der Waals surface area contributed by atoms with E-state index in [1.807, 2.05) is 0 Å². The standard InChI is InChI=1S/C12H12FNO3S/c1-7(18(2,16)17)12(15)10-6-14-11-5-8(13)3-4-9(10)11/h3-7,14H,1-2H3. The number of fused-ring (bicyclic) bond motifs is 1. The minimum Gasteiger partial charge on any atom is -0.360 e. The lowest BCUT2D eigenvalue weighted by Gasteiger charge is -2.07. The van der Waals surface area contributed by atoms with Crippen molar-refractivity contribution in [3.05, 3.63) is 35.8 Å². The van der Waals surface area contributed by atoms with Crippen molar-refractivity contribution in [2.75, 3.05) is 6.26 Å². The zero-order valence-electron chi connectivity index (χ0n) is 9.90. The molecule has 0 aliphatic carbocycles. The molecule has 0 fully saturated rings. The molecule has 0 aliphatic rings. The molecule has 4 nitrogen and oxygen atoms in total. The minimum absolute atomic E-state index is 0.267. The second-order valence-corrected chi connectivity index (χ2v) is 6.59. The quantitative estimate of drug-likeness (QED) is 0.866. The lowest BCUT2D eigenvalue weighted by atomic mass is 10.1. The van der Waals surface area contributed by atoms with Gasteiger partial charge < -0.3 is 4.98 Å². The Balaban J connectivity index is 2.53. The van der Waals surface area contributed by atoms with Crippen LogP contribution < -0.4 is 0 Å². The number of rotatable bonds is 3. The van der Waals surface area contributed by atoms with Crippen LogP contribution in [0.2, 0.25) is 0 Å². The van der Waals surface area contributed by atoms with Crippen LogP contribution in [-0.2, 0) is 9.84 Å². The van der Waals surface area contributed by atoms with Gasteiger partial charge in [0.05, 0.1) is 0 Å². The molecule has 0 amide bonds. The topological polar surface area (TPSA) is 67.0 Å². The van der Waals surface area contributed by atoms with Gasteiger partial charge in [0, 0.05) is 28.9 Å². The van der Waals surface area contributed by atoms with Crippen molar-refractivity contribution >= 4 is 26.5 Å². The van der Waals surface area contributed by atoms with Crippen molar-refractivity contribution in [3.63, 3.8) is 0 Å². The lowest BCUT2D eigenvalue weighted by Crippen LogP contribution is -2.26. The van der Waals surface area contributed by atoms with E-state index in [0.29, 0.717) is 10.9 Å². The Morgan fingerprint density at radius 3 is 2.67 bits per heavy atom. The first-order valence-electron chi connectivity index (χ1n) is 5.30. The highest BCUT2D eigenvalue weighted by Gasteiger charge is 2.26. The predicted octanol–water partition coefficient (Wildman–Crippen LogP) is 1.92. The maximum atomic E-state index is 13.0. The maximum absolute atomic E-state index is 13.0. The molecule has 0 spiro atoms. The number of aromatic nitrogens is 1. The summed E-state index contributed by atoms with van der Waals surface area (Å²) in [5.74, 6) is -0.908. The van der Waals surface area contributed by atoms with Crippen LogP contribution in [0.25, 0.3) is 10.9 Å². The molecule has 1 unspecified atom stereocenters. The molecule has 1 heterocycles. The van der Waals surface area contributed by atoms with Gasteiger partial charge >= 0.3 is 0 Å². The van der Waals surface area contributed by atoms with E-state index < -0.39 is 26.7 Å². The van der Waals surface area contributed by atoms with Crippen LogP contribution in [0.1, 0.15) is 17.3 Å². The summed E-state index contributed by atoms with van der Waals surface area (Å²) in [6.45, 7) is 1.35. The molecule has 1 aromatic heterocycles. The number of hydrogen-bond acceptors (Lipinski definition) is 3. The second kappa shape index (κ2) is 4.20. The molecule has 6 heteroatoms. The van der Waals surface area contributed by atoms with E-state index in [2.05, 4.69) is 4.98 Å². The van der Waals surface area contributed by atoms with Crippen LogP contribution >= 0.6 is 0 Å². The van der Waals surface area contributed by atoms with Crippen LogP contribution in [0, 0.1) is 5.82 Å². The number of aromatic amines is 1. The SMILES string of the molecule is CC(C(=O)c1c[nH]c2cc(F)ccc12)S(C)(=O)=O. The molecule has 96 valence electrons. The number of H-pyrrole nitrogens is 1. The third-order valence-corrected chi connectivity index (χ3v) is 4.42. The molecule has 18 heavy (non-hydrogen) atoms. The van der Waals surface area contributed by atoms with Gasteiger partial charge in [-0.2, -0.15) is 0 Å². The van der Waals surface area contributed by atoms with E-state index in [1.54, 1.807) is 0 Å². The van der Waals surface area contributed by atoms with E-state index >= 15 is 0 Å². The average Bonchev–Trinajstić information content (AvgIpc) is 2.68. The second-order valence-electron chi connectivity index (χ2n) is 4.23. The van der Waals surface area contributed by atoms with E-state index in [4.69, 9.17) is 0 Å². The fourth-order valence-corrected chi connectivity index (χ4v) is 2.23. The summed E-state index contributed by atoms with van der Waals surface area (Å²) in [5.41, 5.74) is 0.738. The van der Waals surface area contributed by atoms with Crippen LogP contribution in [0.3, 0.4) is 0 Å². The first-order valence-corrected chi connectivity index (χ1v) is 7.26. The number of carbonyl (C=O) groups excluding carboxylic acids is 1. The summed E-state index contributed by atoms with van der Waals surface area (Å²) < 4.78 is 35.7. The van der Waals surface area contributed by atoms with E-state index in [1.165, 1.54) is 31.3 Å². The highest BCUT2D eigenvalue weighted by Crippen LogP contribution is 2.21.